The maximum absolute atomic E-state index is 13.2. The highest BCUT2D eigenvalue weighted by Crippen LogP contribution is 2.33. The van der Waals surface area contributed by atoms with Gasteiger partial charge in [-0.3, -0.25) is 9.79 Å². The molecular formula is C24H23FN6O2. The second-order valence-corrected chi connectivity index (χ2v) is 7.35. The number of para-hydroxylation sites is 1. The minimum atomic E-state index is -0.342. The van der Waals surface area contributed by atoms with Crippen LogP contribution in [0.2, 0.25) is 0 Å². The predicted octanol–water partition coefficient (Wildman–Crippen LogP) is 4.92. The lowest BCUT2D eigenvalue weighted by molar-refractivity contribution is 0.0988. The number of methoxy groups -OCH3 is 1. The van der Waals surface area contributed by atoms with Crippen molar-refractivity contribution in [3.05, 3.63) is 65.6 Å². The first-order chi connectivity index (χ1) is 16.0. The number of Topliss-reactive ketones (excluding diaryl/α,β-unsaturated/α-hetero) is 1. The largest absolute Gasteiger partial charge is 0.494 e. The fourth-order valence-electron chi connectivity index (χ4n) is 3.33. The minimum absolute atomic E-state index is 0.00272. The number of benzene rings is 2. The van der Waals surface area contributed by atoms with Crippen molar-refractivity contribution in [1.29, 1.82) is 0 Å². The molecule has 33 heavy (non-hydrogen) atoms. The van der Waals surface area contributed by atoms with E-state index in [-0.39, 0.29) is 23.6 Å². The van der Waals surface area contributed by atoms with Crippen LogP contribution in [0.25, 0.3) is 0 Å². The van der Waals surface area contributed by atoms with Crippen molar-refractivity contribution < 1.29 is 13.9 Å². The molecule has 1 unspecified atom stereocenters. The second kappa shape index (κ2) is 9.56. The fraction of sp³-hybridized carbons (Fsp3) is 0.208. The van der Waals surface area contributed by atoms with Crippen LogP contribution >= 0.6 is 0 Å². The molecule has 0 aliphatic carbocycles. The van der Waals surface area contributed by atoms with Crippen molar-refractivity contribution in [3.8, 4) is 5.75 Å². The Hall–Kier alpha value is -4.14. The number of amidine groups is 1. The molecule has 0 bridgehead atoms. The smallest absolute Gasteiger partial charge is 0.229 e. The summed E-state index contributed by atoms with van der Waals surface area (Å²) in [5.41, 5.74) is 2.29. The van der Waals surface area contributed by atoms with E-state index >= 15 is 0 Å². The van der Waals surface area contributed by atoms with E-state index in [1.807, 2.05) is 25.1 Å². The molecule has 0 saturated carbocycles. The Morgan fingerprint density at radius 3 is 2.61 bits per heavy atom. The summed E-state index contributed by atoms with van der Waals surface area (Å²) >= 11 is 0. The van der Waals surface area contributed by atoms with Crippen molar-refractivity contribution >= 4 is 41.0 Å². The number of aromatic nitrogens is 2. The average molecular weight is 446 g/mol. The summed E-state index contributed by atoms with van der Waals surface area (Å²) in [6, 6.07) is 11.4. The van der Waals surface area contributed by atoms with Crippen LogP contribution in [0.5, 0.6) is 5.75 Å². The van der Waals surface area contributed by atoms with Gasteiger partial charge >= 0.3 is 0 Å². The van der Waals surface area contributed by atoms with Gasteiger partial charge in [-0.1, -0.05) is 13.0 Å². The molecule has 1 aliphatic rings. The van der Waals surface area contributed by atoms with Gasteiger partial charge in [0.05, 0.1) is 30.0 Å². The Morgan fingerprint density at radius 2 is 1.94 bits per heavy atom. The van der Waals surface area contributed by atoms with Crippen LogP contribution in [0.15, 0.2) is 58.6 Å². The van der Waals surface area contributed by atoms with Gasteiger partial charge in [0.15, 0.2) is 17.4 Å². The van der Waals surface area contributed by atoms with Crippen molar-refractivity contribution in [2.24, 2.45) is 9.98 Å². The molecule has 0 fully saturated rings. The lowest BCUT2D eigenvalue weighted by Crippen LogP contribution is -2.10. The molecule has 1 aliphatic heterocycles. The van der Waals surface area contributed by atoms with Gasteiger partial charge < -0.3 is 15.4 Å². The van der Waals surface area contributed by atoms with E-state index in [0.717, 1.165) is 5.56 Å². The minimum Gasteiger partial charge on any atom is -0.494 e. The number of nitrogens with zero attached hydrogens (tertiary/aromatic N) is 4. The van der Waals surface area contributed by atoms with Gasteiger partial charge in [0, 0.05) is 24.5 Å². The van der Waals surface area contributed by atoms with E-state index in [9.17, 15) is 9.18 Å². The van der Waals surface area contributed by atoms with Gasteiger partial charge in [0.1, 0.15) is 11.6 Å². The van der Waals surface area contributed by atoms with Crippen molar-refractivity contribution in [2.75, 3.05) is 17.7 Å². The summed E-state index contributed by atoms with van der Waals surface area (Å²) in [4.78, 5) is 30.2. The molecular weight excluding hydrogens is 423 g/mol. The number of carbonyl (C=O) groups is 1. The van der Waals surface area contributed by atoms with Crippen LogP contribution in [0.4, 0.5) is 27.5 Å². The molecule has 4 rings (SSSR count). The Bertz CT molecular complexity index is 1240. The highest BCUT2D eigenvalue weighted by molar-refractivity contribution is 6.10. The number of aliphatic imine (C=N–C) groups is 2. The quantitative estimate of drug-likeness (QED) is 0.476. The maximum atomic E-state index is 13.2. The molecule has 0 spiro atoms. The zero-order chi connectivity index (χ0) is 23.4. The van der Waals surface area contributed by atoms with Gasteiger partial charge in [-0.2, -0.15) is 4.98 Å². The number of anilines is 4. The number of rotatable bonds is 8. The number of carbonyl (C=O) groups excluding carboxylic acids is 1. The highest BCUT2D eigenvalue weighted by atomic mass is 19.1. The number of ketones is 1. The van der Waals surface area contributed by atoms with Gasteiger partial charge in [-0.05, 0) is 43.3 Å². The van der Waals surface area contributed by atoms with E-state index in [1.54, 1.807) is 32.4 Å². The van der Waals surface area contributed by atoms with Crippen LogP contribution in [0, 0.1) is 5.82 Å². The number of halogens is 1. The van der Waals surface area contributed by atoms with E-state index in [1.165, 1.54) is 18.3 Å². The molecule has 8 nitrogen and oxygen atoms in total. The van der Waals surface area contributed by atoms with E-state index in [2.05, 4.69) is 30.6 Å². The summed E-state index contributed by atoms with van der Waals surface area (Å²) in [5, 5.41) is 6.24. The molecule has 168 valence electrons. The monoisotopic (exact) mass is 446 g/mol. The molecule has 3 aromatic rings. The number of ether oxygens (including phenoxy) is 1. The lowest BCUT2D eigenvalue weighted by Gasteiger charge is -2.16. The number of hydrogen-bond donors (Lipinski definition) is 2. The normalized spacial score (nSPS) is 14.7. The molecule has 2 aromatic carbocycles. The van der Waals surface area contributed by atoms with Crippen molar-refractivity contribution in [2.45, 2.75) is 26.3 Å². The molecule has 0 radical (unpaired) electrons. The summed E-state index contributed by atoms with van der Waals surface area (Å²) in [5.74, 6) is 1.23. The summed E-state index contributed by atoms with van der Waals surface area (Å²) in [6.07, 6.45) is 3.53. The zero-order valence-corrected chi connectivity index (χ0v) is 18.5. The SMILES string of the molecule is CCC(=O)c1cnc(Nc2ccc(F)cc2)nc1Nc1cccc(C2=NC(C)C=N2)c1OC. The Morgan fingerprint density at radius 1 is 1.15 bits per heavy atom. The summed E-state index contributed by atoms with van der Waals surface area (Å²) < 4.78 is 18.9. The van der Waals surface area contributed by atoms with Gasteiger partial charge in [0.2, 0.25) is 5.95 Å². The Kier molecular flexibility index (Phi) is 6.39. The number of nitrogens with one attached hydrogen (secondary N) is 2. The van der Waals surface area contributed by atoms with E-state index in [0.29, 0.717) is 40.8 Å². The Labute approximate surface area is 190 Å². The maximum Gasteiger partial charge on any atom is 0.229 e. The van der Waals surface area contributed by atoms with Crippen LogP contribution < -0.4 is 15.4 Å². The molecule has 0 saturated heterocycles. The van der Waals surface area contributed by atoms with Gasteiger partial charge in [0.25, 0.3) is 0 Å². The molecule has 2 heterocycles. The summed E-state index contributed by atoms with van der Waals surface area (Å²) in [7, 11) is 1.56. The molecule has 9 heteroatoms. The number of hydrogen-bond acceptors (Lipinski definition) is 8. The first-order valence-electron chi connectivity index (χ1n) is 10.5. The molecule has 0 amide bonds. The third-order valence-electron chi connectivity index (χ3n) is 4.96. The van der Waals surface area contributed by atoms with E-state index in [4.69, 9.17) is 4.74 Å². The van der Waals surface area contributed by atoms with Crippen LogP contribution in [-0.2, 0) is 0 Å². The molecule has 1 aromatic heterocycles. The highest BCUT2D eigenvalue weighted by Gasteiger charge is 2.20. The predicted molar refractivity (Wildman–Crippen MR) is 127 cm³/mol. The topological polar surface area (TPSA) is 101 Å². The van der Waals surface area contributed by atoms with Crippen molar-refractivity contribution in [1.82, 2.24) is 9.97 Å². The third kappa shape index (κ3) is 4.87. The summed E-state index contributed by atoms with van der Waals surface area (Å²) in [6.45, 7) is 3.72. The zero-order valence-electron chi connectivity index (χ0n) is 18.5. The van der Waals surface area contributed by atoms with Crippen molar-refractivity contribution in [3.63, 3.8) is 0 Å². The third-order valence-corrected chi connectivity index (χ3v) is 4.96. The van der Waals surface area contributed by atoms with Gasteiger partial charge in [-0.15, -0.1) is 0 Å². The van der Waals surface area contributed by atoms with Crippen LogP contribution in [0.1, 0.15) is 36.2 Å². The molecule has 2 N–H and O–H groups in total. The van der Waals surface area contributed by atoms with E-state index < -0.39 is 0 Å². The second-order valence-electron chi connectivity index (χ2n) is 7.35. The standard InChI is InChI=1S/C24H23FN6O2/c1-4-20(32)18-13-27-24(29-16-10-8-15(25)9-11-16)31-23(18)30-19-7-5-6-17(21(19)33-3)22-26-12-14(2)28-22/h5-14H,4H2,1-3H3,(H2,27,29,30,31). The van der Waals surface area contributed by atoms with Gasteiger partial charge in [-0.25, -0.2) is 14.4 Å². The fourth-order valence-corrected chi connectivity index (χ4v) is 3.33. The first kappa shape index (κ1) is 22.1. The molecule has 1 atom stereocenters. The average Bonchev–Trinajstić information content (AvgIpc) is 3.26. The van der Waals surface area contributed by atoms with Crippen LogP contribution in [0.3, 0.4) is 0 Å². The first-order valence-corrected chi connectivity index (χ1v) is 10.5. The Balaban J connectivity index is 1.71. The lowest BCUT2D eigenvalue weighted by atomic mass is 10.1. The van der Waals surface area contributed by atoms with Crippen LogP contribution in [-0.4, -0.2) is 41.0 Å².